The third-order valence-corrected chi connectivity index (χ3v) is 7.92. The fourth-order valence-corrected chi connectivity index (χ4v) is 5.42. The van der Waals surface area contributed by atoms with Crippen molar-refractivity contribution in [3.8, 4) is 5.75 Å². The van der Waals surface area contributed by atoms with Crippen LogP contribution in [0.15, 0.2) is 57.9 Å². The van der Waals surface area contributed by atoms with Crippen LogP contribution in [-0.4, -0.2) is 12.9 Å². The molecule has 0 spiro atoms. The molecule has 0 saturated heterocycles. The molecule has 4 nitrogen and oxygen atoms in total. The number of Topliss-reactive ketones (excluding diaryl/α,β-unsaturated/α-hetero) is 1. The molecule has 0 fully saturated rings. The van der Waals surface area contributed by atoms with Crippen molar-refractivity contribution in [3.63, 3.8) is 0 Å². The maximum atomic E-state index is 13.0. The van der Waals surface area contributed by atoms with Gasteiger partial charge in [0.2, 0.25) is 0 Å². The van der Waals surface area contributed by atoms with E-state index < -0.39 is 0 Å². The molecule has 0 aliphatic heterocycles. The van der Waals surface area contributed by atoms with Crippen molar-refractivity contribution in [2.45, 2.75) is 122 Å². The molecule has 0 saturated carbocycles. The molecule has 0 radical (unpaired) electrons. The molecule has 2 aromatic carbocycles. The Morgan fingerprint density at radius 2 is 1.27 bits per heavy atom. The molecular formula is C36H50O4. The highest BCUT2D eigenvalue weighted by molar-refractivity contribution is 5.83. The van der Waals surface area contributed by atoms with Gasteiger partial charge in [0.15, 0.2) is 5.43 Å². The Morgan fingerprint density at radius 1 is 0.725 bits per heavy atom. The van der Waals surface area contributed by atoms with Crippen LogP contribution in [0.25, 0.3) is 11.0 Å². The van der Waals surface area contributed by atoms with Gasteiger partial charge in [-0.15, -0.1) is 0 Å². The zero-order chi connectivity index (χ0) is 28.4. The van der Waals surface area contributed by atoms with Gasteiger partial charge in [-0.1, -0.05) is 115 Å². The lowest BCUT2D eigenvalue weighted by molar-refractivity contribution is -0.118. The molecule has 0 amide bonds. The lowest BCUT2D eigenvalue weighted by Gasteiger charge is -2.06. The summed E-state index contributed by atoms with van der Waals surface area (Å²) in [7, 11) is 1.63. The number of fused-ring (bicyclic) bond motifs is 1. The van der Waals surface area contributed by atoms with Crippen LogP contribution in [0.1, 0.15) is 126 Å². The standard InChI is InChI=1S/C36H50O4/c1-3-4-5-6-7-8-9-10-11-12-13-14-15-16-17-18-32(37)26-30-21-24-34-35(27-30)40-28-31(36(34)38)25-29-19-22-33(39-2)23-20-29/h19-24,27-28H,3-18,25-26H2,1-2H3. The lowest BCUT2D eigenvalue weighted by atomic mass is 10.0. The van der Waals surface area contributed by atoms with Gasteiger partial charge in [0.05, 0.1) is 18.8 Å². The maximum Gasteiger partial charge on any atom is 0.196 e. The number of rotatable bonds is 21. The van der Waals surface area contributed by atoms with E-state index in [0.717, 1.165) is 29.7 Å². The summed E-state index contributed by atoms with van der Waals surface area (Å²) in [5.74, 6) is 1.04. The predicted octanol–water partition coefficient (Wildman–Crippen LogP) is 9.77. The van der Waals surface area contributed by atoms with E-state index in [2.05, 4.69) is 6.92 Å². The molecule has 0 atom stereocenters. The summed E-state index contributed by atoms with van der Waals surface area (Å²) < 4.78 is 11.0. The van der Waals surface area contributed by atoms with Crippen LogP contribution < -0.4 is 10.2 Å². The summed E-state index contributed by atoms with van der Waals surface area (Å²) >= 11 is 0. The third-order valence-electron chi connectivity index (χ3n) is 7.92. The quantitative estimate of drug-likeness (QED) is 0.125. The minimum absolute atomic E-state index is 0.0206. The minimum atomic E-state index is -0.0206. The number of unbranched alkanes of at least 4 members (excludes halogenated alkanes) is 14. The van der Waals surface area contributed by atoms with Gasteiger partial charge in [0.1, 0.15) is 17.1 Å². The first-order valence-electron chi connectivity index (χ1n) is 15.8. The van der Waals surface area contributed by atoms with Crippen molar-refractivity contribution < 1.29 is 13.9 Å². The first kappa shape index (κ1) is 31.6. The Labute approximate surface area is 241 Å². The molecule has 0 aliphatic rings. The number of ether oxygens (including phenoxy) is 1. The maximum absolute atomic E-state index is 13.0. The first-order chi connectivity index (χ1) is 19.6. The molecule has 0 N–H and O–H groups in total. The van der Waals surface area contributed by atoms with E-state index >= 15 is 0 Å². The van der Waals surface area contributed by atoms with Crippen molar-refractivity contribution in [1.82, 2.24) is 0 Å². The number of carbonyl (C=O) groups excluding carboxylic acids is 1. The van der Waals surface area contributed by atoms with E-state index in [-0.39, 0.29) is 11.2 Å². The molecule has 0 unspecified atom stereocenters. The van der Waals surface area contributed by atoms with E-state index in [1.807, 2.05) is 36.4 Å². The van der Waals surface area contributed by atoms with Gasteiger partial charge in [-0.05, 0) is 41.8 Å². The minimum Gasteiger partial charge on any atom is -0.497 e. The van der Waals surface area contributed by atoms with Crippen LogP contribution in [0, 0.1) is 0 Å². The monoisotopic (exact) mass is 546 g/mol. The second kappa shape index (κ2) is 18.5. The third kappa shape index (κ3) is 11.3. The highest BCUT2D eigenvalue weighted by Gasteiger charge is 2.11. The largest absolute Gasteiger partial charge is 0.497 e. The summed E-state index contributed by atoms with van der Waals surface area (Å²) in [6, 6.07) is 13.2. The van der Waals surface area contributed by atoms with E-state index in [0.29, 0.717) is 35.8 Å². The molecule has 1 heterocycles. The van der Waals surface area contributed by atoms with Crippen LogP contribution in [0.5, 0.6) is 5.75 Å². The smallest absolute Gasteiger partial charge is 0.196 e. The Hall–Kier alpha value is -2.88. The van der Waals surface area contributed by atoms with E-state index in [9.17, 15) is 9.59 Å². The van der Waals surface area contributed by atoms with Crippen LogP contribution in [0.3, 0.4) is 0 Å². The van der Waals surface area contributed by atoms with Gasteiger partial charge in [-0.2, -0.15) is 0 Å². The fraction of sp³-hybridized carbons (Fsp3) is 0.556. The normalized spacial score (nSPS) is 11.2. The molecule has 40 heavy (non-hydrogen) atoms. The molecular weight excluding hydrogens is 496 g/mol. The molecule has 1 aromatic heterocycles. The van der Waals surface area contributed by atoms with Gasteiger partial charge in [0, 0.05) is 24.8 Å². The van der Waals surface area contributed by atoms with Crippen LogP contribution in [-0.2, 0) is 17.6 Å². The zero-order valence-electron chi connectivity index (χ0n) is 25.0. The van der Waals surface area contributed by atoms with E-state index in [1.54, 1.807) is 19.4 Å². The van der Waals surface area contributed by atoms with Crippen molar-refractivity contribution in [3.05, 3.63) is 75.6 Å². The summed E-state index contributed by atoms with van der Waals surface area (Å²) in [5.41, 5.74) is 3.07. The van der Waals surface area contributed by atoms with Crippen molar-refractivity contribution in [2.75, 3.05) is 7.11 Å². The number of hydrogen-bond donors (Lipinski definition) is 0. The lowest BCUT2D eigenvalue weighted by Crippen LogP contribution is -2.10. The number of benzene rings is 2. The van der Waals surface area contributed by atoms with E-state index in [4.69, 9.17) is 9.15 Å². The Bertz CT molecular complexity index is 1190. The SMILES string of the molecule is CCCCCCCCCCCCCCCCCC(=O)Cc1ccc2c(=O)c(Cc3ccc(OC)cc3)coc2c1. The zero-order valence-corrected chi connectivity index (χ0v) is 25.0. The van der Waals surface area contributed by atoms with Crippen LogP contribution in [0.4, 0.5) is 0 Å². The van der Waals surface area contributed by atoms with E-state index in [1.165, 1.54) is 83.5 Å². The molecule has 0 aliphatic carbocycles. The number of methoxy groups -OCH3 is 1. The van der Waals surface area contributed by atoms with Gasteiger partial charge in [-0.25, -0.2) is 0 Å². The van der Waals surface area contributed by atoms with Crippen molar-refractivity contribution in [1.29, 1.82) is 0 Å². The van der Waals surface area contributed by atoms with Crippen LogP contribution >= 0.6 is 0 Å². The van der Waals surface area contributed by atoms with Crippen LogP contribution in [0.2, 0.25) is 0 Å². The first-order valence-corrected chi connectivity index (χ1v) is 15.8. The molecule has 0 bridgehead atoms. The molecule has 4 heteroatoms. The highest BCUT2D eigenvalue weighted by Crippen LogP contribution is 2.19. The second-order valence-electron chi connectivity index (χ2n) is 11.4. The predicted molar refractivity (Wildman–Crippen MR) is 167 cm³/mol. The van der Waals surface area contributed by atoms with Crippen molar-refractivity contribution >= 4 is 16.8 Å². The molecule has 218 valence electrons. The average molecular weight is 547 g/mol. The van der Waals surface area contributed by atoms with Gasteiger partial charge < -0.3 is 9.15 Å². The fourth-order valence-electron chi connectivity index (χ4n) is 5.42. The summed E-state index contributed by atoms with van der Waals surface area (Å²) in [4.78, 5) is 25.6. The Balaban J connectivity index is 1.29. The second-order valence-corrected chi connectivity index (χ2v) is 11.4. The number of carbonyl (C=O) groups is 1. The average Bonchev–Trinajstić information content (AvgIpc) is 2.97. The van der Waals surface area contributed by atoms with Crippen molar-refractivity contribution in [2.24, 2.45) is 0 Å². The van der Waals surface area contributed by atoms with Gasteiger partial charge in [0.25, 0.3) is 0 Å². The number of ketones is 1. The highest BCUT2D eigenvalue weighted by atomic mass is 16.5. The molecule has 3 rings (SSSR count). The number of hydrogen-bond acceptors (Lipinski definition) is 4. The molecule has 3 aromatic rings. The van der Waals surface area contributed by atoms with Gasteiger partial charge >= 0.3 is 0 Å². The Morgan fingerprint density at radius 3 is 1.85 bits per heavy atom. The summed E-state index contributed by atoms with van der Waals surface area (Å²) in [5, 5.41) is 0.560. The Kier molecular flexibility index (Phi) is 14.6. The van der Waals surface area contributed by atoms with Gasteiger partial charge in [-0.3, -0.25) is 9.59 Å². The summed E-state index contributed by atoms with van der Waals surface area (Å²) in [6.07, 6.45) is 22.9. The summed E-state index contributed by atoms with van der Waals surface area (Å²) in [6.45, 7) is 2.27. The topological polar surface area (TPSA) is 56.5 Å².